The third kappa shape index (κ3) is 3.74. The predicted octanol–water partition coefficient (Wildman–Crippen LogP) is 0.582. The van der Waals surface area contributed by atoms with Crippen molar-refractivity contribution in [2.24, 2.45) is 0 Å². The Morgan fingerprint density at radius 3 is 2.52 bits per heavy atom. The van der Waals surface area contributed by atoms with E-state index in [1.807, 2.05) is 0 Å². The summed E-state index contributed by atoms with van der Waals surface area (Å²) in [5.74, 6) is 0. The molecule has 1 aliphatic heterocycles. The number of hydrogen-bond donors (Lipinski definition) is 2. The van der Waals surface area contributed by atoms with Gasteiger partial charge in [0.05, 0.1) is 28.1 Å². The van der Waals surface area contributed by atoms with Gasteiger partial charge in [0.25, 0.3) is 0 Å². The first-order valence-electron chi connectivity index (χ1n) is 7.25. The number of piperidine rings is 1. The van der Waals surface area contributed by atoms with Crippen molar-refractivity contribution in [2.45, 2.75) is 29.8 Å². The van der Waals surface area contributed by atoms with Gasteiger partial charge in [0.1, 0.15) is 0 Å². The van der Waals surface area contributed by atoms with E-state index in [0.717, 1.165) is 13.1 Å². The van der Waals surface area contributed by atoms with Gasteiger partial charge in [0.15, 0.2) is 0 Å². The Balaban J connectivity index is 1.76. The van der Waals surface area contributed by atoms with Gasteiger partial charge in [0.2, 0.25) is 0 Å². The molecule has 23 heavy (non-hydrogen) atoms. The van der Waals surface area contributed by atoms with Crippen LogP contribution in [-0.2, 0) is 16.6 Å². The molecule has 0 spiro atoms. The van der Waals surface area contributed by atoms with E-state index < -0.39 is 20.7 Å². The molecule has 1 saturated heterocycles. The number of rotatable bonds is 4. The van der Waals surface area contributed by atoms with Gasteiger partial charge in [-0.3, -0.25) is 0 Å². The molecule has 0 saturated carbocycles. The molecule has 2 N–H and O–H groups in total. The van der Waals surface area contributed by atoms with Crippen molar-refractivity contribution >= 4 is 10.2 Å². The van der Waals surface area contributed by atoms with Crippen LogP contribution in [0.25, 0.3) is 5.69 Å². The second-order valence-corrected chi connectivity index (χ2v) is 7.08. The molecule has 0 amide bonds. The van der Waals surface area contributed by atoms with Gasteiger partial charge in [-0.1, -0.05) is 5.21 Å². The number of nitrogens with zero attached hydrogens (tertiary/aromatic N) is 3. The Morgan fingerprint density at radius 1 is 1.26 bits per heavy atom. The molecular weight excluding hydrogens is 323 g/mol. The van der Waals surface area contributed by atoms with Gasteiger partial charge >= 0.3 is 10.2 Å². The zero-order chi connectivity index (χ0) is 16.5. The maximum atomic E-state index is 12.9. The van der Waals surface area contributed by atoms with Crippen LogP contribution >= 0.6 is 0 Å². The summed E-state index contributed by atoms with van der Waals surface area (Å²) in [6.07, 6.45) is 3.40. The Bertz CT molecular complexity index is 783. The van der Waals surface area contributed by atoms with Crippen molar-refractivity contribution < 1.29 is 17.4 Å². The minimum absolute atomic E-state index is 0.398. The van der Waals surface area contributed by atoms with E-state index in [-0.39, 0.29) is 0 Å². The second kappa shape index (κ2) is 5.99. The summed E-state index contributed by atoms with van der Waals surface area (Å²) in [5.41, 5.74) is 0.434. The van der Waals surface area contributed by atoms with Gasteiger partial charge in [-0.15, -0.1) is 8.98 Å². The molecule has 1 fully saturated rings. The third-order valence-electron chi connectivity index (χ3n) is 3.97. The highest BCUT2D eigenvalue weighted by Gasteiger charge is 2.30. The molecular formula is C14H17FN4O3S. The predicted molar refractivity (Wildman–Crippen MR) is 80.4 cm³/mol. The van der Waals surface area contributed by atoms with Crippen molar-refractivity contribution in [3.05, 3.63) is 36.2 Å². The van der Waals surface area contributed by atoms with Crippen LogP contribution in [0, 0.1) is 0 Å². The number of hydrogen-bond acceptors (Lipinski definition) is 6. The van der Waals surface area contributed by atoms with Crippen molar-refractivity contribution in [3.63, 3.8) is 0 Å². The normalized spacial score (nSPS) is 18.0. The van der Waals surface area contributed by atoms with Gasteiger partial charge in [-0.2, -0.15) is 8.42 Å². The monoisotopic (exact) mass is 340 g/mol. The highest BCUT2D eigenvalue weighted by Crippen LogP contribution is 2.23. The molecule has 0 bridgehead atoms. The Kier molecular flexibility index (Phi) is 4.17. The van der Waals surface area contributed by atoms with Crippen LogP contribution < -0.4 is 5.32 Å². The fourth-order valence-corrected chi connectivity index (χ4v) is 3.13. The maximum Gasteiger partial charge on any atom is 0.332 e. The Morgan fingerprint density at radius 2 is 1.91 bits per heavy atom. The molecule has 2 heterocycles. The van der Waals surface area contributed by atoms with E-state index in [1.54, 1.807) is 6.20 Å². The van der Waals surface area contributed by atoms with Crippen LogP contribution in [0.5, 0.6) is 0 Å². The molecule has 7 nitrogen and oxygen atoms in total. The summed E-state index contributed by atoms with van der Waals surface area (Å²) in [4.78, 5) is -0.398. The van der Waals surface area contributed by atoms with Crippen LogP contribution in [0.4, 0.5) is 3.89 Å². The summed E-state index contributed by atoms with van der Waals surface area (Å²) in [6.45, 7) is 1.54. The highest BCUT2D eigenvalue weighted by atomic mass is 32.3. The van der Waals surface area contributed by atoms with Gasteiger partial charge in [-0.05, 0) is 50.2 Å². The molecule has 1 aliphatic rings. The average molecular weight is 340 g/mol. The lowest BCUT2D eigenvalue weighted by Gasteiger charge is -2.31. The third-order valence-corrected chi connectivity index (χ3v) is 4.80. The molecule has 0 atom stereocenters. The van der Waals surface area contributed by atoms with E-state index in [4.69, 9.17) is 0 Å². The summed E-state index contributed by atoms with van der Waals surface area (Å²) in [7, 11) is -4.71. The van der Waals surface area contributed by atoms with Gasteiger partial charge in [0, 0.05) is 6.42 Å². The second-order valence-electron chi connectivity index (χ2n) is 5.74. The number of halogens is 1. The van der Waals surface area contributed by atoms with Crippen LogP contribution in [0.15, 0.2) is 35.4 Å². The molecule has 0 unspecified atom stereocenters. The van der Waals surface area contributed by atoms with E-state index >= 15 is 0 Å². The first-order chi connectivity index (χ1) is 10.9. The summed E-state index contributed by atoms with van der Waals surface area (Å²) in [6, 6.07) is 5.24. The number of benzene rings is 1. The Labute approximate surface area is 133 Å². The van der Waals surface area contributed by atoms with Crippen molar-refractivity contribution in [2.75, 3.05) is 13.1 Å². The van der Waals surface area contributed by atoms with Gasteiger partial charge < -0.3 is 10.4 Å². The largest absolute Gasteiger partial charge is 0.389 e. The SMILES string of the molecule is O=S(=O)(F)c1ccc(-n2cc(CC3(O)CCNCC3)nn2)cc1. The fraction of sp³-hybridized carbons (Fsp3) is 0.429. The lowest BCUT2D eigenvalue weighted by Crippen LogP contribution is -2.43. The zero-order valence-corrected chi connectivity index (χ0v) is 13.1. The maximum absolute atomic E-state index is 12.9. The minimum atomic E-state index is -4.71. The topological polar surface area (TPSA) is 97.1 Å². The molecule has 1 aromatic carbocycles. The summed E-state index contributed by atoms with van der Waals surface area (Å²) in [5, 5.41) is 21.7. The average Bonchev–Trinajstić information content (AvgIpc) is 2.95. The minimum Gasteiger partial charge on any atom is -0.389 e. The summed E-state index contributed by atoms with van der Waals surface area (Å²) < 4.78 is 35.9. The van der Waals surface area contributed by atoms with Crippen molar-refractivity contribution in [3.8, 4) is 5.69 Å². The van der Waals surface area contributed by atoms with Crippen LogP contribution in [0.3, 0.4) is 0 Å². The fourth-order valence-electron chi connectivity index (χ4n) is 2.67. The number of aromatic nitrogens is 3. The molecule has 2 aromatic rings. The molecule has 1 aromatic heterocycles. The van der Waals surface area contributed by atoms with Crippen LogP contribution in [0.2, 0.25) is 0 Å². The number of nitrogens with one attached hydrogen (secondary N) is 1. The van der Waals surface area contributed by atoms with Crippen LogP contribution in [0.1, 0.15) is 18.5 Å². The van der Waals surface area contributed by atoms with E-state index in [2.05, 4.69) is 15.6 Å². The lowest BCUT2D eigenvalue weighted by molar-refractivity contribution is 0.00999. The highest BCUT2D eigenvalue weighted by molar-refractivity contribution is 7.86. The number of aliphatic hydroxyl groups is 1. The van der Waals surface area contributed by atoms with E-state index in [1.165, 1.54) is 28.9 Å². The van der Waals surface area contributed by atoms with Crippen molar-refractivity contribution in [1.82, 2.24) is 20.3 Å². The molecule has 9 heteroatoms. The standard InChI is InChI=1S/C14H17FN4O3S/c15-23(21,22)13-3-1-12(2-4-13)19-10-11(17-18-19)9-14(20)5-7-16-8-6-14/h1-4,10,16,20H,5-9H2. The Hall–Kier alpha value is -1.84. The van der Waals surface area contributed by atoms with Gasteiger partial charge in [-0.25, -0.2) is 4.68 Å². The van der Waals surface area contributed by atoms with E-state index in [0.29, 0.717) is 30.6 Å². The molecule has 0 aliphatic carbocycles. The van der Waals surface area contributed by atoms with Crippen molar-refractivity contribution in [1.29, 1.82) is 0 Å². The lowest BCUT2D eigenvalue weighted by atomic mass is 9.88. The van der Waals surface area contributed by atoms with E-state index in [9.17, 15) is 17.4 Å². The first kappa shape index (κ1) is 16.0. The van der Waals surface area contributed by atoms with Crippen LogP contribution in [-0.4, -0.2) is 47.2 Å². The smallest absolute Gasteiger partial charge is 0.332 e. The molecule has 3 rings (SSSR count). The summed E-state index contributed by atoms with van der Waals surface area (Å²) >= 11 is 0. The zero-order valence-electron chi connectivity index (χ0n) is 12.3. The molecule has 124 valence electrons. The first-order valence-corrected chi connectivity index (χ1v) is 8.64. The quantitative estimate of drug-likeness (QED) is 0.791. The molecule has 0 radical (unpaired) electrons.